The van der Waals surface area contributed by atoms with Gasteiger partial charge in [-0.25, -0.2) is 0 Å². The molecule has 1 aliphatic heterocycles. The summed E-state index contributed by atoms with van der Waals surface area (Å²) in [5.41, 5.74) is 0. The summed E-state index contributed by atoms with van der Waals surface area (Å²) in [6.45, 7) is 3.69. The fraction of sp³-hybridized carbons (Fsp3) is 0.846. The minimum absolute atomic E-state index is 0.0250. The van der Waals surface area contributed by atoms with Crippen molar-refractivity contribution < 1.29 is 4.79 Å². The van der Waals surface area contributed by atoms with E-state index in [1.165, 1.54) is 0 Å². The van der Waals surface area contributed by atoms with Crippen LogP contribution in [0.5, 0.6) is 0 Å². The van der Waals surface area contributed by atoms with Crippen LogP contribution in [0.1, 0.15) is 39.0 Å². The largest absolute Gasteiger partial charge is 0.337 e. The number of hydrogen-bond donors (Lipinski definition) is 1. The molecule has 0 bridgehead atoms. The Bertz CT molecular complexity index is 319. The lowest BCUT2D eigenvalue weighted by atomic mass is 9.91. The van der Waals surface area contributed by atoms with Crippen molar-refractivity contribution in [1.82, 2.24) is 10.2 Å². The maximum absolute atomic E-state index is 12.5. The first-order valence-electron chi connectivity index (χ1n) is 6.65. The van der Waals surface area contributed by atoms with E-state index in [0.29, 0.717) is 24.9 Å². The lowest BCUT2D eigenvalue weighted by molar-refractivity contribution is -0.135. The second-order valence-electron chi connectivity index (χ2n) is 5.22. The number of carbonyl (C=O) groups is 1. The minimum Gasteiger partial charge on any atom is -0.337 e. The van der Waals surface area contributed by atoms with E-state index in [0.717, 1.165) is 32.2 Å². The molecule has 1 saturated heterocycles. The molecule has 0 spiro atoms. The summed E-state index contributed by atoms with van der Waals surface area (Å²) in [4.78, 5) is 14.4. The fourth-order valence-corrected chi connectivity index (χ4v) is 2.59. The van der Waals surface area contributed by atoms with Crippen molar-refractivity contribution in [2.24, 2.45) is 5.92 Å². The zero-order valence-electron chi connectivity index (χ0n) is 10.5. The second kappa shape index (κ2) is 5.50. The molecule has 1 amide bonds. The molecule has 94 valence electrons. The summed E-state index contributed by atoms with van der Waals surface area (Å²) in [7, 11) is 0. The fourth-order valence-electron chi connectivity index (χ4n) is 2.59. The van der Waals surface area contributed by atoms with Crippen LogP contribution in [0.25, 0.3) is 0 Å². The number of rotatable bonds is 4. The van der Waals surface area contributed by atoms with E-state index in [-0.39, 0.29) is 11.9 Å². The molecule has 2 rings (SSSR count). The molecule has 1 aliphatic carbocycles. The minimum atomic E-state index is -0.0250. The van der Waals surface area contributed by atoms with Gasteiger partial charge in [0.2, 0.25) is 5.91 Å². The van der Waals surface area contributed by atoms with Crippen molar-refractivity contribution >= 4 is 5.91 Å². The Labute approximate surface area is 103 Å². The van der Waals surface area contributed by atoms with Crippen molar-refractivity contribution in [3.8, 4) is 6.07 Å². The molecular formula is C13H21N3O. The van der Waals surface area contributed by atoms with Gasteiger partial charge >= 0.3 is 0 Å². The summed E-state index contributed by atoms with van der Waals surface area (Å²) in [5.74, 6) is 0.634. The Balaban J connectivity index is 1.97. The van der Waals surface area contributed by atoms with Gasteiger partial charge in [0.05, 0.1) is 18.5 Å². The molecule has 2 atom stereocenters. The van der Waals surface area contributed by atoms with E-state index in [1.807, 2.05) is 4.90 Å². The molecule has 2 aliphatic rings. The van der Waals surface area contributed by atoms with Crippen LogP contribution in [0.15, 0.2) is 0 Å². The van der Waals surface area contributed by atoms with Crippen LogP contribution in [0, 0.1) is 17.2 Å². The molecule has 4 nitrogen and oxygen atoms in total. The average molecular weight is 235 g/mol. The molecule has 2 unspecified atom stereocenters. The molecule has 0 aromatic rings. The van der Waals surface area contributed by atoms with Crippen LogP contribution < -0.4 is 5.32 Å². The first-order valence-corrected chi connectivity index (χ1v) is 6.65. The van der Waals surface area contributed by atoms with Crippen LogP contribution in [0.3, 0.4) is 0 Å². The van der Waals surface area contributed by atoms with E-state index >= 15 is 0 Å². The van der Waals surface area contributed by atoms with Gasteiger partial charge in [0, 0.05) is 12.6 Å². The topological polar surface area (TPSA) is 56.1 Å². The summed E-state index contributed by atoms with van der Waals surface area (Å²) in [6.07, 6.45) is 4.95. The number of amides is 1. The standard InChI is InChI=1S/C13H21N3O/c1-10-4-2-8-15-12(10)13(17)16(9-3-7-14)11-5-6-11/h10-12,15H,2-6,8-9H2,1H3. The second-order valence-corrected chi connectivity index (χ2v) is 5.22. The molecule has 1 heterocycles. The molecule has 17 heavy (non-hydrogen) atoms. The van der Waals surface area contributed by atoms with Crippen molar-refractivity contribution in [2.75, 3.05) is 13.1 Å². The highest BCUT2D eigenvalue weighted by molar-refractivity contribution is 5.83. The maximum atomic E-state index is 12.5. The van der Waals surface area contributed by atoms with Gasteiger partial charge in [0.1, 0.15) is 0 Å². The van der Waals surface area contributed by atoms with Gasteiger partial charge in [0.25, 0.3) is 0 Å². The van der Waals surface area contributed by atoms with Crippen molar-refractivity contribution in [3.63, 3.8) is 0 Å². The van der Waals surface area contributed by atoms with Gasteiger partial charge in [-0.3, -0.25) is 4.79 Å². The van der Waals surface area contributed by atoms with Crippen molar-refractivity contribution in [2.45, 2.75) is 51.1 Å². The normalized spacial score (nSPS) is 28.5. The molecule has 1 saturated carbocycles. The van der Waals surface area contributed by atoms with E-state index in [1.54, 1.807) is 0 Å². The summed E-state index contributed by atoms with van der Waals surface area (Å²) in [5, 5.41) is 12.0. The van der Waals surface area contributed by atoms with E-state index in [2.05, 4.69) is 18.3 Å². The van der Waals surface area contributed by atoms with Crippen LogP contribution in [0.2, 0.25) is 0 Å². The zero-order valence-corrected chi connectivity index (χ0v) is 10.5. The Morgan fingerprint density at radius 3 is 2.82 bits per heavy atom. The number of piperidine rings is 1. The van der Waals surface area contributed by atoms with Crippen molar-refractivity contribution in [3.05, 3.63) is 0 Å². The van der Waals surface area contributed by atoms with Crippen LogP contribution in [0.4, 0.5) is 0 Å². The third-order valence-electron chi connectivity index (χ3n) is 3.77. The smallest absolute Gasteiger partial charge is 0.240 e. The monoisotopic (exact) mass is 235 g/mol. The van der Waals surface area contributed by atoms with Gasteiger partial charge < -0.3 is 10.2 Å². The van der Waals surface area contributed by atoms with Gasteiger partial charge in [-0.15, -0.1) is 0 Å². The van der Waals surface area contributed by atoms with Crippen molar-refractivity contribution in [1.29, 1.82) is 5.26 Å². The number of nitrogens with one attached hydrogen (secondary N) is 1. The summed E-state index contributed by atoms with van der Waals surface area (Å²) < 4.78 is 0. The average Bonchev–Trinajstić information content (AvgIpc) is 3.14. The summed E-state index contributed by atoms with van der Waals surface area (Å²) in [6, 6.07) is 2.52. The van der Waals surface area contributed by atoms with Crippen LogP contribution in [-0.2, 0) is 4.79 Å². The molecular weight excluding hydrogens is 214 g/mol. The van der Waals surface area contributed by atoms with E-state index in [9.17, 15) is 4.79 Å². The van der Waals surface area contributed by atoms with Crippen LogP contribution in [-0.4, -0.2) is 36.0 Å². The first-order chi connectivity index (χ1) is 8.24. The van der Waals surface area contributed by atoms with E-state index < -0.39 is 0 Å². The SMILES string of the molecule is CC1CCCNC1C(=O)N(CCC#N)C1CC1. The maximum Gasteiger partial charge on any atom is 0.240 e. The quantitative estimate of drug-likeness (QED) is 0.798. The first kappa shape index (κ1) is 12.4. The number of nitrogens with zero attached hydrogens (tertiary/aromatic N) is 2. The number of hydrogen-bond acceptors (Lipinski definition) is 3. The predicted molar refractivity (Wildman–Crippen MR) is 65.2 cm³/mol. The predicted octanol–water partition coefficient (Wildman–Crippen LogP) is 1.28. The van der Waals surface area contributed by atoms with Gasteiger partial charge in [-0.05, 0) is 38.1 Å². The number of carbonyl (C=O) groups excluding carboxylic acids is 1. The molecule has 0 aromatic carbocycles. The van der Waals surface area contributed by atoms with Gasteiger partial charge in [-0.2, -0.15) is 5.26 Å². The molecule has 0 aromatic heterocycles. The lowest BCUT2D eigenvalue weighted by Gasteiger charge is -2.33. The Morgan fingerprint density at radius 2 is 2.24 bits per heavy atom. The Kier molecular flexibility index (Phi) is 4.01. The highest BCUT2D eigenvalue weighted by Gasteiger charge is 2.37. The molecule has 2 fully saturated rings. The number of nitriles is 1. The van der Waals surface area contributed by atoms with Gasteiger partial charge in [-0.1, -0.05) is 6.92 Å². The van der Waals surface area contributed by atoms with Gasteiger partial charge in [0.15, 0.2) is 0 Å². The molecule has 4 heteroatoms. The lowest BCUT2D eigenvalue weighted by Crippen LogP contribution is -2.53. The third kappa shape index (κ3) is 2.98. The Morgan fingerprint density at radius 1 is 1.47 bits per heavy atom. The zero-order chi connectivity index (χ0) is 12.3. The summed E-state index contributed by atoms with van der Waals surface area (Å²) >= 11 is 0. The Hall–Kier alpha value is -1.08. The molecule has 0 radical (unpaired) electrons. The molecule has 1 N–H and O–H groups in total. The van der Waals surface area contributed by atoms with E-state index in [4.69, 9.17) is 5.26 Å². The third-order valence-corrected chi connectivity index (χ3v) is 3.77. The highest BCUT2D eigenvalue weighted by atomic mass is 16.2. The highest BCUT2D eigenvalue weighted by Crippen LogP contribution is 2.29. The van der Waals surface area contributed by atoms with Crippen LogP contribution >= 0.6 is 0 Å².